The van der Waals surface area contributed by atoms with Gasteiger partial charge < -0.3 is 19.6 Å². The number of aromatic hydroxyl groups is 1. The minimum Gasteiger partial charge on any atom is -0.506 e. The summed E-state index contributed by atoms with van der Waals surface area (Å²) in [5.41, 5.74) is -0.245. The zero-order valence-corrected chi connectivity index (χ0v) is 15.3. The molecule has 138 valence electrons. The number of benzene rings is 2. The molecule has 0 fully saturated rings. The van der Waals surface area contributed by atoms with Crippen molar-refractivity contribution in [2.75, 3.05) is 5.32 Å². The number of phenols is 1. The fraction of sp³-hybridized carbons (Fsp3) is 0.0556. The highest BCUT2D eigenvalue weighted by Gasteiger charge is 2.16. The van der Waals surface area contributed by atoms with Gasteiger partial charge in [0.15, 0.2) is 5.76 Å². The molecule has 0 saturated heterocycles. The van der Waals surface area contributed by atoms with Crippen LogP contribution in [0.4, 0.5) is 11.4 Å². The third-order valence-electron chi connectivity index (χ3n) is 3.52. The minimum atomic E-state index is -0.643. The molecular weight excluding hydrogens is 420 g/mol. The number of rotatable bonds is 6. The van der Waals surface area contributed by atoms with E-state index in [1.54, 1.807) is 18.2 Å². The van der Waals surface area contributed by atoms with Crippen molar-refractivity contribution in [2.45, 2.75) is 6.61 Å². The molecule has 0 spiro atoms. The molecule has 0 unspecified atom stereocenters. The zero-order valence-electron chi connectivity index (χ0n) is 13.7. The fourth-order valence-electron chi connectivity index (χ4n) is 2.19. The van der Waals surface area contributed by atoms with Gasteiger partial charge in [-0.2, -0.15) is 0 Å². The number of non-ortho nitro benzene ring substituents is 1. The van der Waals surface area contributed by atoms with E-state index < -0.39 is 16.6 Å². The van der Waals surface area contributed by atoms with Gasteiger partial charge in [0.2, 0.25) is 0 Å². The first-order chi connectivity index (χ1) is 12.9. The lowest BCUT2D eigenvalue weighted by Crippen LogP contribution is -2.11. The Bertz CT molecular complexity index is 984. The molecule has 0 aliphatic heterocycles. The van der Waals surface area contributed by atoms with Crippen LogP contribution in [0.2, 0.25) is 0 Å². The first kappa shape index (κ1) is 18.5. The summed E-state index contributed by atoms with van der Waals surface area (Å²) in [6.45, 7) is 0.137. The molecule has 3 aromatic rings. The third-order valence-corrected chi connectivity index (χ3v) is 4.05. The molecule has 8 nitrogen and oxygen atoms in total. The van der Waals surface area contributed by atoms with Crippen LogP contribution in [0, 0.1) is 10.1 Å². The van der Waals surface area contributed by atoms with Gasteiger partial charge in [0.25, 0.3) is 11.6 Å². The first-order valence-corrected chi connectivity index (χ1v) is 8.47. The Hall–Kier alpha value is -3.33. The van der Waals surface area contributed by atoms with Gasteiger partial charge >= 0.3 is 0 Å². The van der Waals surface area contributed by atoms with Crippen LogP contribution in [0.5, 0.6) is 11.5 Å². The van der Waals surface area contributed by atoms with Crippen molar-refractivity contribution in [3.05, 3.63) is 80.7 Å². The molecule has 0 aliphatic carbocycles. The van der Waals surface area contributed by atoms with Crippen molar-refractivity contribution in [3.8, 4) is 11.5 Å². The molecule has 2 N–H and O–H groups in total. The molecule has 1 amide bonds. The van der Waals surface area contributed by atoms with E-state index in [2.05, 4.69) is 21.2 Å². The molecule has 3 rings (SSSR count). The number of nitro benzene ring substituents is 1. The van der Waals surface area contributed by atoms with Gasteiger partial charge in [0, 0.05) is 10.5 Å². The van der Waals surface area contributed by atoms with Crippen LogP contribution in [0.3, 0.4) is 0 Å². The predicted octanol–water partition coefficient (Wildman–Crippen LogP) is 4.49. The second kappa shape index (κ2) is 7.92. The van der Waals surface area contributed by atoms with Gasteiger partial charge in [0.05, 0.1) is 16.7 Å². The maximum absolute atomic E-state index is 12.2. The number of furan rings is 1. The molecule has 0 saturated carbocycles. The minimum absolute atomic E-state index is 0.0159. The fourth-order valence-corrected chi connectivity index (χ4v) is 2.45. The number of carbonyl (C=O) groups excluding carboxylic acids is 1. The molecule has 1 heterocycles. The van der Waals surface area contributed by atoms with Crippen LogP contribution >= 0.6 is 15.9 Å². The maximum Gasteiger partial charge on any atom is 0.291 e. The normalized spacial score (nSPS) is 10.4. The molecular formula is C18H13BrN2O6. The lowest BCUT2D eigenvalue weighted by molar-refractivity contribution is -0.384. The van der Waals surface area contributed by atoms with E-state index in [9.17, 15) is 20.0 Å². The van der Waals surface area contributed by atoms with Crippen LogP contribution in [0.1, 0.15) is 16.3 Å². The summed E-state index contributed by atoms with van der Waals surface area (Å²) in [6, 6.07) is 13.7. The van der Waals surface area contributed by atoms with E-state index in [0.29, 0.717) is 11.5 Å². The highest BCUT2D eigenvalue weighted by molar-refractivity contribution is 9.10. The van der Waals surface area contributed by atoms with Crippen LogP contribution in [-0.4, -0.2) is 15.9 Å². The van der Waals surface area contributed by atoms with E-state index in [4.69, 9.17) is 9.15 Å². The van der Waals surface area contributed by atoms with Crippen LogP contribution in [0.15, 0.2) is 63.5 Å². The lowest BCUT2D eigenvalue weighted by Gasteiger charge is -2.06. The summed E-state index contributed by atoms with van der Waals surface area (Å²) >= 11 is 3.33. The lowest BCUT2D eigenvalue weighted by atomic mass is 10.2. The average Bonchev–Trinajstić information content (AvgIpc) is 3.12. The Labute approximate surface area is 161 Å². The summed E-state index contributed by atoms with van der Waals surface area (Å²) in [5.74, 6) is 0.0894. The molecule has 0 radical (unpaired) electrons. The molecule has 9 heteroatoms. The average molecular weight is 433 g/mol. The van der Waals surface area contributed by atoms with Gasteiger partial charge in [-0.05, 0) is 42.5 Å². The summed E-state index contributed by atoms with van der Waals surface area (Å²) in [5, 5.41) is 22.9. The quantitative estimate of drug-likeness (QED) is 0.336. The Balaban J connectivity index is 1.63. The number of halogens is 1. The van der Waals surface area contributed by atoms with E-state index in [1.807, 2.05) is 12.1 Å². The number of nitrogens with one attached hydrogen (secondary N) is 1. The van der Waals surface area contributed by atoms with Crippen molar-refractivity contribution in [2.24, 2.45) is 0 Å². The number of nitrogens with zero attached hydrogens (tertiary/aromatic N) is 1. The van der Waals surface area contributed by atoms with E-state index in [1.165, 1.54) is 18.2 Å². The number of anilines is 1. The zero-order chi connectivity index (χ0) is 19.4. The van der Waals surface area contributed by atoms with Crippen LogP contribution < -0.4 is 10.1 Å². The smallest absolute Gasteiger partial charge is 0.291 e. The van der Waals surface area contributed by atoms with Crippen molar-refractivity contribution >= 4 is 33.2 Å². The summed E-state index contributed by atoms with van der Waals surface area (Å²) in [6.07, 6.45) is 0. The van der Waals surface area contributed by atoms with Crippen molar-refractivity contribution in [1.29, 1.82) is 0 Å². The predicted molar refractivity (Wildman–Crippen MR) is 99.9 cm³/mol. The highest BCUT2D eigenvalue weighted by Crippen LogP contribution is 2.28. The first-order valence-electron chi connectivity index (χ1n) is 7.68. The van der Waals surface area contributed by atoms with E-state index in [-0.39, 0.29) is 23.7 Å². The molecule has 1 aromatic heterocycles. The molecule has 0 atom stereocenters. The third kappa shape index (κ3) is 4.64. The Morgan fingerprint density at radius 3 is 2.59 bits per heavy atom. The van der Waals surface area contributed by atoms with Gasteiger partial charge in [-0.1, -0.05) is 15.9 Å². The monoisotopic (exact) mass is 432 g/mol. The van der Waals surface area contributed by atoms with Gasteiger partial charge in [0.1, 0.15) is 23.9 Å². The number of hydrogen-bond donors (Lipinski definition) is 2. The number of phenolic OH excluding ortho intramolecular Hbond substituents is 1. The van der Waals surface area contributed by atoms with Crippen molar-refractivity contribution < 1.29 is 24.0 Å². The second-order valence-corrected chi connectivity index (χ2v) is 6.34. The Morgan fingerprint density at radius 1 is 1.19 bits per heavy atom. The molecule has 0 aliphatic rings. The van der Waals surface area contributed by atoms with E-state index >= 15 is 0 Å². The topological polar surface area (TPSA) is 115 Å². The molecule has 27 heavy (non-hydrogen) atoms. The van der Waals surface area contributed by atoms with Gasteiger partial charge in [-0.15, -0.1) is 0 Å². The van der Waals surface area contributed by atoms with Crippen molar-refractivity contribution in [3.63, 3.8) is 0 Å². The highest BCUT2D eigenvalue weighted by atomic mass is 79.9. The molecule has 0 bridgehead atoms. The summed E-state index contributed by atoms with van der Waals surface area (Å²) in [4.78, 5) is 22.2. The number of nitro groups is 1. The largest absolute Gasteiger partial charge is 0.506 e. The maximum atomic E-state index is 12.2. The summed E-state index contributed by atoms with van der Waals surface area (Å²) < 4.78 is 11.9. The second-order valence-electron chi connectivity index (χ2n) is 5.42. The number of ether oxygens (including phenoxy) is 1. The number of amides is 1. The van der Waals surface area contributed by atoms with Crippen LogP contribution in [0.25, 0.3) is 0 Å². The number of carbonyl (C=O) groups is 1. The van der Waals surface area contributed by atoms with Gasteiger partial charge in [-0.3, -0.25) is 14.9 Å². The van der Waals surface area contributed by atoms with Gasteiger partial charge in [-0.25, -0.2) is 0 Å². The standard InChI is InChI=1S/C18H13BrN2O6/c19-11-1-4-13(5-2-11)26-10-14-6-8-17(27-14)18(23)20-15-7-3-12(21(24)25)9-16(15)22/h1-9,22H,10H2,(H,20,23). The molecule has 2 aromatic carbocycles. The SMILES string of the molecule is O=C(Nc1ccc([N+](=O)[O-])cc1O)c1ccc(COc2ccc(Br)cc2)o1. The van der Waals surface area contributed by atoms with Crippen LogP contribution in [-0.2, 0) is 6.61 Å². The number of hydrogen-bond acceptors (Lipinski definition) is 6. The summed E-state index contributed by atoms with van der Waals surface area (Å²) in [7, 11) is 0. The Kier molecular flexibility index (Phi) is 5.41. The van der Waals surface area contributed by atoms with E-state index in [0.717, 1.165) is 10.5 Å². The Morgan fingerprint density at radius 2 is 1.93 bits per heavy atom. The van der Waals surface area contributed by atoms with Crippen molar-refractivity contribution in [1.82, 2.24) is 0 Å².